The summed E-state index contributed by atoms with van der Waals surface area (Å²) in [7, 11) is 0. The van der Waals surface area contributed by atoms with Gasteiger partial charge in [-0.15, -0.1) is 18.3 Å². The third-order valence-electron chi connectivity index (χ3n) is 5.23. The second-order valence-corrected chi connectivity index (χ2v) is 9.53. The highest BCUT2D eigenvalue weighted by molar-refractivity contribution is 8.00. The summed E-state index contributed by atoms with van der Waals surface area (Å²) >= 11 is 2.83. The van der Waals surface area contributed by atoms with Crippen molar-refractivity contribution < 1.29 is 9.59 Å². The quantitative estimate of drug-likeness (QED) is 0.524. The third kappa shape index (κ3) is 4.83. The summed E-state index contributed by atoms with van der Waals surface area (Å²) in [6, 6.07) is 14.3. The van der Waals surface area contributed by atoms with E-state index in [4.69, 9.17) is 0 Å². The Morgan fingerprint density at radius 3 is 2.90 bits per heavy atom. The molecule has 1 aromatic heterocycles. The van der Waals surface area contributed by atoms with E-state index < -0.39 is 0 Å². The van der Waals surface area contributed by atoms with Crippen molar-refractivity contribution >= 4 is 50.8 Å². The highest BCUT2D eigenvalue weighted by atomic mass is 32.2. The predicted octanol–water partition coefficient (Wildman–Crippen LogP) is 4.34. The molecule has 2 aromatic carbocycles. The Balaban J connectivity index is 1.43. The summed E-state index contributed by atoms with van der Waals surface area (Å²) < 4.78 is 3.10. The van der Waals surface area contributed by atoms with Gasteiger partial charge in [0.2, 0.25) is 5.91 Å². The van der Waals surface area contributed by atoms with Crippen molar-refractivity contribution in [2.75, 3.05) is 23.0 Å². The monoisotopic (exact) mass is 451 g/mol. The van der Waals surface area contributed by atoms with E-state index in [0.29, 0.717) is 11.3 Å². The maximum atomic E-state index is 12.7. The molecule has 0 aliphatic carbocycles. The molecule has 0 bridgehead atoms. The minimum Gasteiger partial charge on any atom is -0.313 e. The lowest BCUT2D eigenvalue weighted by Gasteiger charge is -2.29. The van der Waals surface area contributed by atoms with Gasteiger partial charge in [0.05, 0.1) is 21.7 Å². The van der Waals surface area contributed by atoms with Crippen molar-refractivity contribution in [2.45, 2.75) is 26.3 Å². The van der Waals surface area contributed by atoms with Gasteiger partial charge in [-0.1, -0.05) is 41.7 Å². The number of nitrogens with zero attached hydrogens (tertiary/aromatic N) is 3. The second-order valence-electron chi connectivity index (χ2n) is 7.53. The topological polar surface area (TPSA) is 54.7 Å². The molecule has 0 unspecified atom stereocenters. The molecule has 3 aromatic rings. The predicted molar refractivity (Wildman–Crippen MR) is 130 cm³/mol. The number of aryl methyl sites for hydroxylation is 2. The van der Waals surface area contributed by atoms with Crippen LogP contribution < -0.4 is 9.70 Å². The molecular formula is C24H25N3O2S2. The number of aromatic nitrogens is 1. The fourth-order valence-corrected chi connectivity index (χ4v) is 5.63. The fraction of sp³-hybridized carbons (Fsp3) is 0.292. The van der Waals surface area contributed by atoms with Crippen molar-refractivity contribution in [3.8, 4) is 0 Å². The molecule has 0 saturated carbocycles. The average Bonchev–Trinajstić information content (AvgIpc) is 3.09. The second kappa shape index (κ2) is 9.66. The van der Waals surface area contributed by atoms with Crippen molar-refractivity contribution in [1.82, 2.24) is 4.57 Å². The number of carbonyl (C=O) groups is 2. The number of amides is 2. The fourth-order valence-electron chi connectivity index (χ4n) is 3.81. The maximum Gasteiger partial charge on any atom is 0.258 e. The maximum absolute atomic E-state index is 12.7. The number of allylic oxidation sites excluding steroid dienone is 1. The van der Waals surface area contributed by atoms with Crippen LogP contribution in [0.1, 0.15) is 17.5 Å². The molecule has 0 fully saturated rings. The Morgan fingerprint density at radius 2 is 2.06 bits per heavy atom. The van der Waals surface area contributed by atoms with Gasteiger partial charge in [0, 0.05) is 18.8 Å². The molecule has 2 heterocycles. The Kier molecular flexibility index (Phi) is 6.73. The Hall–Kier alpha value is -2.64. The van der Waals surface area contributed by atoms with Crippen molar-refractivity contribution in [3.63, 3.8) is 0 Å². The molecule has 0 spiro atoms. The van der Waals surface area contributed by atoms with Crippen LogP contribution in [-0.4, -0.2) is 34.4 Å². The molecule has 0 radical (unpaired) electrons. The molecule has 1 aliphatic heterocycles. The molecular weight excluding hydrogens is 426 g/mol. The van der Waals surface area contributed by atoms with E-state index in [9.17, 15) is 9.59 Å². The van der Waals surface area contributed by atoms with Gasteiger partial charge in [-0.2, -0.15) is 4.99 Å². The van der Waals surface area contributed by atoms with Gasteiger partial charge in [0.25, 0.3) is 5.91 Å². The van der Waals surface area contributed by atoms with E-state index in [1.54, 1.807) is 6.08 Å². The number of hydrogen-bond acceptors (Lipinski definition) is 4. The Bertz CT molecular complexity index is 1210. The van der Waals surface area contributed by atoms with Crippen LogP contribution in [0.25, 0.3) is 10.2 Å². The summed E-state index contributed by atoms with van der Waals surface area (Å²) in [5, 5.41) is 0. The molecule has 7 heteroatoms. The van der Waals surface area contributed by atoms with E-state index in [1.807, 2.05) is 34.6 Å². The standard InChI is InChI=1S/C24H25N3O2S2/c1-3-12-27-20-11-10-17(2)14-21(20)31-24(27)25-22(28)15-30-16-23(29)26-13-6-8-18-7-4-5-9-19(18)26/h3-5,7,9-11,14H,1,6,8,12-13,15-16H2,2H3. The minimum absolute atomic E-state index is 0.0454. The van der Waals surface area contributed by atoms with Crippen LogP contribution in [0.15, 0.2) is 60.1 Å². The van der Waals surface area contributed by atoms with Gasteiger partial charge in [-0.05, 0) is 49.1 Å². The molecule has 5 nitrogen and oxygen atoms in total. The number of anilines is 1. The average molecular weight is 452 g/mol. The van der Waals surface area contributed by atoms with Crippen LogP contribution in [0.4, 0.5) is 5.69 Å². The van der Waals surface area contributed by atoms with Crippen LogP contribution >= 0.6 is 23.1 Å². The van der Waals surface area contributed by atoms with Crippen LogP contribution in [0, 0.1) is 6.92 Å². The van der Waals surface area contributed by atoms with Crippen LogP contribution in [0.2, 0.25) is 0 Å². The van der Waals surface area contributed by atoms with Gasteiger partial charge in [-0.3, -0.25) is 9.59 Å². The normalized spacial score (nSPS) is 14.0. The van der Waals surface area contributed by atoms with E-state index in [1.165, 1.54) is 34.2 Å². The van der Waals surface area contributed by atoms with E-state index in [0.717, 1.165) is 35.3 Å². The smallest absolute Gasteiger partial charge is 0.258 e. The summed E-state index contributed by atoms with van der Waals surface area (Å²) in [4.78, 5) is 32.1. The highest BCUT2D eigenvalue weighted by Crippen LogP contribution is 2.27. The SMILES string of the molecule is C=CCn1c(=NC(=O)CSCC(=O)N2CCCc3ccccc32)sc2cc(C)ccc21. The molecule has 4 rings (SSSR count). The highest BCUT2D eigenvalue weighted by Gasteiger charge is 2.22. The van der Waals surface area contributed by atoms with Crippen molar-refractivity contribution in [2.24, 2.45) is 4.99 Å². The summed E-state index contributed by atoms with van der Waals surface area (Å²) in [6.07, 6.45) is 3.78. The number of para-hydroxylation sites is 1. The third-order valence-corrected chi connectivity index (χ3v) is 7.18. The van der Waals surface area contributed by atoms with Crippen molar-refractivity contribution in [1.29, 1.82) is 0 Å². The van der Waals surface area contributed by atoms with Crippen LogP contribution in [0.3, 0.4) is 0 Å². The first-order chi connectivity index (χ1) is 15.1. The van der Waals surface area contributed by atoms with Gasteiger partial charge >= 0.3 is 0 Å². The van der Waals surface area contributed by atoms with E-state index in [-0.39, 0.29) is 23.3 Å². The van der Waals surface area contributed by atoms with Gasteiger partial charge in [-0.25, -0.2) is 0 Å². The zero-order chi connectivity index (χ0) is 21.8. The zero-order valence-corrected chi connectivity index (χ0v) is 19.2. The minimum atomic E-state index is -0.224. The first kappa shape index (κ1) is 21.6. The van der Waals surface area contributed by atoms with Gasteiger partial charge < -0.3 is 9.47 Å². The molecule has 160 valence electrons. The van der Waals surface area contributed by atoms with Gasteiger partial charge in [0.15, 0.2) is 4.80 Å². The lowest BCUT2D eigenvalue weighted by Crippen LogP contribution is -2.36. The van der Waals surface area contributed by atoms with Crippen LogP contribution in [0.5, 0.6) is 0 Å². The number of benzene rings is 2. The molecule has 0 saturated heterocycles. The molecule has 0 N–H and O–H groups in total. The van der Waals surface area contributed by atoms with Crippen LogP contribution in [-0.2, 0) is 22.6 Å². The summed E-state index contributed by atoms with van der Waals surface area (Å²) in [5.74, 6) is 0.276. The summed E-state index contributed by atoms with van der Waals surface area (Å²) in [5.41, 5.74) is 4.44. The largest absolute Gasteiger partial charge is 0.313 e. The number of thiazole rings is 1. The van der Waals surface area contributed by atoms with Gasteiger partial charge in [0.1, 0.15) is 0 Å². The molecule has 31 heavy (non-hydrogen) atoms. The van der Waals surface area contributed by atoms with E-state index >= 15 is 0 Å². The lowest BCUT2D eigenvalue weighted by atomic mass is 10.0. The first-order valence-electron chi connectivity index (χ1n) is 10.3. The molecule has 1 aliphatic rings. The molecule has 0 atom stereocenters. The Morgan fingerprint density at radius 1 is 1.23 bits per heavy atom. The number of rotatable bonds is 6. The summed E-state index contributed by atoms with van der Waals surface area (Å²) in [6.45, 7) is 7.20. The van der Waals surface area contributed by atoms with E-state index in [2.05, 4.69) is 35.8 Å². The number of hydrogen-bond donors (Lipinski definition) is 0. The van der Waals surface area contributed by atoms with Crippen molar-refractivity contribution in [3.05, 3.63) is 71.0 Å². The lowest BCUT2D eigenvalue weighted by molar-refractivity contribution is -0.116. The Labute approximate surface area is 190 Å². The first-order valence-corrected chi connectivity index (χ1v) is 12.3. The zero-order valence-electron chi connectivity index (χ0n) is 17.5. The molecule has 2 amide bonds. The number of carbonyl (C=O) groups excluding carboxylic acids is 2. The number of fused-ring (bicyclic) bond motifs is 2. The number of thioether (sulfide) groups is 1.